The topological polar surface area (TPSA) is 50.1 Å². The largest absolute Gasteiger partial charge is 0.495 e. The number of hydrogen-bond donors (Lipinski definition) is 0. The second-order valence-electron chi connectivity index (χ2n) is 2.70. The lowest BCUT2D eigenvalue weighted by molar-refractivity contribution is 0.102. The van der Waals surface area contributed by atoms with E-state index in [9.17, 15) is 9.18 Å². The van der Waals surface area contributed by atoms with E-state index in [1.54, 1.807) is 6.07 Å². The lowest BCUT2D eigenvalue weighted by Crippen LogP contribution is -2.03. The number of carbonyl (C=O) groups excluding carboxylic acids is 1. The third kappa shape index (κ3) is 2.25. The molecule has 1 aromatic rings. The number of ether oxygens (including phenoxy) is 1. The molecule has 5 heteroatoms. The Balaban J connectivity index is 3.33. The van der Waals surface area contributed by atoms with E-state index in [0.717, 1.165) is 6.07 Å². The van der Waals surface area contributed by atoms with Crippen LogP contribution in [-0.2, 0) is 0 Å². The van der Waals surface area contributed by atoms with E-state index in [2.05, 4.69) is 0 Å². The van der Waals surface area contributed by atoms with Crippen LogP contribution in [0.2, 0.25) is 0 Å². The molecule has 0 aliphatic carbocycles. The maximum atomic E-state index is 13.3. The maximum absolute atomic E-state index is 13.3. The van der Waals surface area contributed by atoms with Crippen LogP contribution in [0.1, 0.15) is 15.9 Å². The van der Waals surface area contributed by atoms with Gasteiger partial charge in [-0.15, -0.1) is 11.6 Å². The summed E-state index contributed by atoms with van der Waals surface area (Å²) in [7, 11) is 1.30. The Morgan fingerprint density at radius 3 is 2.80 bits per heavy atom. The molecule has 0 aromatic heterocycles. The second-order valence-corrected chi connectivity index (χ2v) is 2.97. The molecule has 15 heavy (non-hydrogen) atoms. The van der Waals surface area contributed by atoms with E-state index in [4.69, 9.17) is 21.6 Å². The molecule has 0 saturated carbocycles. The number of hydrogen-bond acceptors (Lipinski definition) is 3. The first kappa shape index (κ1) is 11.5. The number of Topliss-reactive ketones (excluding diaryl/α,β-unsaturated/α-hetero) is 1. The van der Waals surface area contributed by atoms with E-state index < -0.39 is 11.6 Å². The highest BCUT2D eigenvalue weighted by atomic mass is 35.5. The summed E-state index contributed by atoms with van der Waals surface area (Å²) in [5.74, 6) is -1.41. The van der Waals surface area contributed by atoms with Crippen molar-refractivity contribution in [2.75, 3.05) is 13.0 Å². The summed E-state index contributed by atoms with van der Waals surface area (Å²) in [6.07, 6.45) is 0. The van der Waals surface area contributed by atoms with Crippen LogP contribution in [0, 0.1) is 17.1 Å². The number of alkyl halides is 1. The maximum Gasteiger partial charge on any atom is 0.177 e. The Hall–Kier alpha value is -1.60. The molecule has 0 radical (unpaired) electrons. The third-order valence-electron chi connectivity index (χ3n) is 1.83. The molecular formula is C10H7ClFNO2. The van der Waals surface area contributed by atoms with Crippen molar-refractivity contribution in [2.45, 2.75) is 0 Å². The van der Waals surface area contributed by atoms with E-state index in [-0.39, 0.29) is 22.8 Å². The molecule has 0 fully saturated rings. The number of methoxy groups -OCH3 is 1. The van der Waals surface area contributed by atoms with Gasteiger partial charge in [0, 0.05) is 5.56 Å². The third-order valence-corrected chi connectivity index (χ3v) is 2.07. The zero-order valence-electron chi connectivity index (χ0n) is 7.88. The van der Waals surface area contributed by atoms with Gasteiger partial charge in [-0.25, -0.2) is 4.39 Å². The molecule has 78 valence electrons. The highest BCUT2D eigenvalue weighted by Crippen LogP contribution is 2.23. The van der Waals surface area contributed by atoms with Crippen LogP contribution >= 0.6 is 11.6 Å². The summed E-state index contributed by atoms with van der Waals surface area (Å²) in [5.41, 5.74) is -0.123. The van der Waals surface area contributed by atoms with Gasteiger partial charge in [-0.05, 0) is 12.1 Å². The molecule has 0 bridgehead atoms. The highest BCUT2D eigenvalue weighted by Gasteiger charge is 2.14. The van der Waals surface area contributed by atoms with Gasteiger partial charge in [-0.1, -0.05) is 0 Å². The summed E-state index contributed by atoms with van der Waals surface area (Å²) in [4.78, 5) is 11.2. The molecule has 0 saturated heterocycles. The minimum Gasteiger partial charge on any atom is -0.495 e. The van der Waals surface area contributed by atoms with Crippen LogP contribution in [0.15, 0.2) is 12.1 Å². The van der Waals surface area contributed by atoms with Crippen molar-refractivity contribution in [3.63, 3.8) is 0 Å². The molecule has 0 aliphatic rings. The number of halogens is 2. The predicted molar refractivity (Wildman–Crippen MR) is 52.7 cm³/mol. The zero-order chi connectivity index (χ0) is 11.4. The van der Waals surface area contributed by atoms with Crippen LogP contribution in [0.5, 0.6) is 5.75 Å². The minimum atomic E-state index is -0.787. The summed E-state index contributed by atoms with van der Waals surface area (Å²) >= 11 is 5.33. The van der Waals surface area contributed by atoms with E-state index in [1.165, 1.54) is 13.2 Å². The molecule has 3 nitrogen and oxygen atoms in total. The molecule has 0 unspecified atom stereocenters. The molecule has 0 aliphatic heterocycles. The Labute approximate surface area is 91.0 Å². The van der Waals surface area contributed by atoms with E-state index in [1.807, 2.05) is 0 Å². The summed E-state index contributed by atoms with van der Waals surface area (Å²) < 4.78 is 18.1. The molecule has 0 N–H and O–H groups in total. The van der Waals surface area contributed by atoms with Crippen LogP contribution in [0.25, 0.3) is 0 Å². The fourth-order valence-corrected chi connectivity index (χ4v) is 1.24. The molecule has 0 spiro atoms. The van der Waals surface area contributed by atoms with Crippen LogP contribution in [0.3, 0.4) is 0 Å². The molecular weight excluding hydrogens is 221 g/mol. The van der Waals surface area contributed by atoms with Gasteiger partial charge in [0.05, 0.1) is 13.0 Å². The van der Waals surface area contributed by atoms with Gasteiger partial charge in [-0.2, -0.15) is 5.26 Å². The molecule has 1 rings (SSSR count). The Bertz CT molecular complexity index is 440. The number of nitrogens with zero attached hydrogens (tertiary/aromatic N) is 1. The van der Waals surface area contributed by atoms with Crippen LogP contribution in [0.4, 0.5) is 4.39 Å². The second kappa shape index (κ2) is 4.76. The predicted octanol–water partition coefficient (Wildman–Crippen LogP) is 2.13. The smallest absolute Gasteiger partial charge is 0.177 e. The zero-order valence-corrected chi connectivity index (χ0v) is 8.64. The first-order valence-corrected chi connectivity index (χ1v) is 4.54. The number of nitriles is 1. The monoisotopic (exact) mass is 227 g/mol. The summed E-state index contributed by atoms with van der Waals surface area (Å²) in [6, 6.07) is 3.93. The van der Waals surface area contributed by atoms with Gasteiger partial charge in [0.1, 0.15) is 23.2 Å². The van der Waals surface area contributed by atoms with Crippen molar-refractivity contribution in [3.05, 3.63) is 29.1 Å². The summed E-state index contributed by atoms with van der Waals surface area (Å²) in [6.45, 7) is 0. The van der Waals surface area contributed by atoms with Gasteiger partial charge in [0.2, 0.25) is 0 Å². The highest BCUT2D eigenvalue weighted by molar-refractivity contribution is 6.30. The quantitative estimate of drug-likeness (QED) is 0.587. The van der Waals surface area contributed by atoms with E-state index in [0.29, 0.717) is 0 Å². The van der Waals surface area contributed by atoms with Gasteiger partial charge >= 0.3 is 0 Å². The van der Waals surface area contributed by atoms with Gasteiger partial charge in [0.25, 0.3) is 0 Å². The number of carbonyl (C=O) groups is 1. The fourth-order valence-electron chi connectivity index (χ4n) is 1.09. The molecule has 0 amide bonds. The molecule has 0 heterocycles. The Morgan fingerprint density at radius 1 is 1.67 bits per heavy atom. The average Bonchev–Trinajstić information content (AvgIpc) is 2.26. The first-order valence-electron chi connectivity index (χ1n) is 4.00. The van der Waals surface area contributed by atoms with Crippen molar-refractivity contribution < 1.29 is 13.9 Å². The SMILES string of the molecule is COc1cc(C(=O)CCl)cc(F)c1C#N. The number of benzene rings is 1. The minimum absolute atomic E-state index is 0.0333. The van der Waals surface area contributed by atoms with Crippen LogP contribution in [-0.4, -0.2) is 18.8 Å². The lowest BCUT2D eigenvalue weighted by atomic mass is 10.1. The number of rotatable bonds is 3. The van der Waals surface area contributed by atoms with Crippen LogP contribution < -0.4 is 4.74 Å². The van der Waals surface area contributed by atoms with Crippen molar-refractivity contribution in [3.8, 4) is 11.8 Å². The van der Waals surface area contributed by atoms with Crippen molar-refractivity contribution in [2.24, 2.45) is 0 Å². The average molecular weight is 228 g/mol. The standard InChI is InChI=1S/C10H7ClFNO2/c1-15-10-3-6(9(14)4-11)2-8(12)7(10)5-13/h2-3H,4H2,1H3. The van der Waals surface area contributed by atoms with Crippen molar-refractivity contribution >= 4 is 17.4 Å². The molecule has 1 aromatic carbocycles. The normalized spacial score (nSPS) is 9.47. The van der Waals surface area contributed by atoms with E-state index >= 15 is 0 Å². The van der Waals surface area contributed by atoms with Gasteiger partial charge < -0.3 is 4.74 Å². The molecule has 0 atom stereocenters. The summed E-state index contributed by atoms with van der Waals surface area (Å²) in [5, 5.41) is 8.64. The van der Waals surface area contributed by atoms with Gasteiger partial charge in [0.15, 0.2) is 5.78 Å². The van der Waals surface area contributed by atoms with Crippen molar-refractivity contribution in [1.82, 2.24) is 0 Å². The first-order chi connectivity index (χ1) is 7.13. The number of ketones is 1. The Kier molecular flexibility index (Phi) is 3.64. The van der Waals surface area contributed by atoms with Crippen molar-refractivity contribution in [1.29, 1.82) is 5.26 Å². The Morgan fingerprint density at radius 2 is 2.33 bits per heavy atom. The fraction of sp³-hybridized carbons (Fsp3) is 0.200. The van der Waals surface area contributed by atoms with Gasteiger partial charge in [-0.3, -0.25) is 4.79 Å². The lowest BCUT2D eigenvalue weighted by Gasteiger charge is -2.05.